The molecule has 2 rings (SSSR count). The molecular weight excluding hydrogens is 134 g/mol. The SMILES string of the molecule is CC1=CC2CNCCC2C=C1. The molecule has 2 aliphatic rings. The molecule has 0 aromatic carbocycles. The summed E-state index contributed by atoms with van der Waals surface area (Å²) in [4.78, 5) is 0. The van der Waals surface area contributed by atoms with Crippen molar-refractivity contribution in [1.29, 1.82) is 0 Å². The minimum atomic E-state index is 0.772. The van der Waals surface area contributed by atoms with Crippen LogP contribution in [0.5, 0.6) is 0 Å². The summed E-state index contributed by atoms with van der Waals surface area (Å²) >= 11 is 0. The zero-order valence-corrected chi connectivity index (χ0v) is 7.01. The summed E-state index contributed by atoms with van der Waals surface area (Å²) in [6.45, 7) is 4.55. The number of fused-ring (bicyclic) bond motifs is 1. The molecule has 1 fully saturated rings. The standard InChI is InChI=1S/C10H15N/c1-8-2-3-9-4-5-11-7-10(9)6-8/h2-3,6,9-11H,4-5,7H2,1H3. The molecule has 1 heterocycles. The van der Waals surface area contributed by atoms with E-state index in [1.807, 2.05) is 0 Å². The fraction of sp³-hybridized carbons (Fsp3) is 0.600. The predicted molar refractivity (Wildman–Crippen MR) is 47.4 cm³/mol. The predicted octanol–water partition coefficient (Wildman–Crippen LogP) is 1.73. The first-order valence-corrected chi connectivity index (χ1v) is 4.43. The van der Waals surface area contributed by atoms with Gasteiger partial charge in [-0.15, -0.1) is 0 Å². The molecule has 1 N–H and O–H groups in total. The number of rotatable bonds is 0. The van der Waals surface area contributed by atoms with E-state index in [0.717, 1.165) is 11.8 Å². The molecule has 1 nitrogen and oxygen atoms in total. The minimum Gasteiger partial charge on any atom is -0.316 e. The van der Waals surface area contributed by atoms with E-state index in [9.17, 15) is 0 Å². The van der Waals surface area contributed by atoms with Crippen molar-refractivity contribution in [3.63, 3.8) is 0 Å². The third-order valence-electron chi connectivity index (χ3n) is 2.67. The van der Waals surface area contributed by atoms with Crippen LogP contribution in [0, 0.1) is 11.8 Å². The van der Waals surface area contributed by atoms with Crippen molar-refractivity contribution < 1.29 is 0 Å². The van der Waals surface area contributed by atoms with Crippen LogP contribution >= 0.6 is 0 Å². The Hall–Kier alpha value is -0.560. The van der Waals surface area contributed by atoms with E-state index in [1.54, 1.807) is 0 Å². The zero-order valence-electron chi connectivity index (χ0n) is 7.01. The van der Waals surface area contributed by atoms with Crippen molar-refractivity contribution in [1.82, 2.24) is 5.32 Å². The highest BCUT2D eigenvalue weighted by atomic mass is 14.9. The van der Waals surface area contributed by atoms with Crippen LogP contribution in [0.15, 0.2) is 23.8 Å². The molecule has 0 aromatic rings. The van der Waals surface area contributed by atoms with Crippen molar-refractivity contribution >= 4 is 0 Å². The van der Waals surface area contributed by atoms with Crippen LogP contribution in [0.3, 0.4) is 0 Å². The van der Waals surface area contributed by atoms with Gasteiger partial charge in [0.25, 0.3) is 0 Å². The number of piperidine rings is 1. The molecule has 0 aromatic heterocycles. The molecule has 0 saturated carbocycles. The lowest BCUT2D eigenvalue weighted by Crippen LogP contribution is -2.35. The van der Waals surface area contributed by atoms with Gasteiger partial charge in [-0.05, 0) is 31.7 Å². The van der Waals surface area contributed by atoms with E-state index < -0.39 is 0 Å². The van der Waals surface area contributed by atoms with Crippen LogP contribution in [0.2, 0.25) is 0 Å². The molecule has 2 atom stereocenters. The lowest BCUT2D eigenvalue weighted by Gasteiger charge is -2.30. The van der Waals surface area contributed by atoms with Crippen molar-refractivity contribution in [2.24, 2.45) is 11.8 Å². The van der Waals surface area contributed by atoms with Gasteiger partial charge in [-0.25, -0.2) is 0 Å². The van der Waals surface area contributed by atoms with Crippen LogP contribution in [0.1, 0.15) is 13.3 Å². The van der Waals surface area contributed by atoms with E-state index in [4.69, 9.17) is 0 Å². The molecule has 0 spiro atoms. The van der Waals surface area contributed by atoms with Crippen molar-refractivity contribution in [2.75, 3.05) is 13.1 Å². The van der Waals surface area contributed by atoms with Gasteiger partial charge in [0.1, 0.15) is 0 Å². The topological polar surface area (TPSA) is 12.0 Å². The van der Waals surface area contributed by atoms with Crippen LogP contribution in [-0.4, -0.2) is 13.1 Å². The van der Waals surface area contributed by atoms with Gasteiger partial charge in [0.15, 0.2) is 0 Å². The van der Waals surface area contributed by atoms with Crippen LogP contribution in [0.25, 0.3) is 0 Å². The van der Waals surface area contributed by atoms with E-state index >= 15 is 0 Å². The molecule has 0 bridgehead atoms. The zero-order chi connectivity index (χ0) is 7.68. The smallest absolute Gasteiger partial charge is 0.00201 e. The molecule has 60 valence electrons. The maximum absolute atomic E-state index is 3.43. The fourth-order valence-electron chi connectivity index (χ4n) is 1.99. The highest BCUT2D eigenvalue weighted by molar-refractivity contribution is 5.24. The van der Waals surface area contributed by atoms with E-state index in [-0.39, 0.29) is 0 Å². The Labute approximate surface area is 68.2 Å². The van der Waals surface area contributed by atoms with Crippen LogP contribution < -0.4 is 5.32 Å². The summed E-state index contributed by atoms with van der Waals surface area (Å²) in [6, 6.07) is 0. The van der Waals surface area contributed by atoms with Gasteiger partial charge in [-0.1, -0.05) is 23.8 Å². The van der Waals surface area contributed by atoms with Crippen LogP contribution in [-0.2, 0) is 0 Å². The van der Waals surface area contributed by atoms with Crippen molar-refractivity contribution in [2.45, 2.75) is 13.3 Å². The molecule has 11 heavy (non-hydrogen) atoms. The van der Waals surface area contributed by atoms with Crippen molar-refractivity contribution in [3.8, 4) is 0 Å². The van der Waals surface area contributed by atoms with Gasteiger partial charge in [-0.3, -0.25) is 0 Å². The van der Waals surface area contributed by atoms with Gasteiger partial charge in [0, 0.05) is 6.54 Å². The first-order chi connectivity index (χ1) is 5.36. The minimum absolute atomic E-state index is 0.772. The molecule has 0 radical (unpaired) electrons. The van der Waals surface area contributed by atoms with Crippen LogP contribution in [0.4, 0.5) is 0 Å². The molecule has 1 aliphatic heterocycles. The number of hydrogen-bond donors (Lipinski definition) is 1. The largest absolute Gasteiger partial charge is 0.316 e. The second-order valence-electron chi connectivity index (χ2n) is 3.59. The second-order valence-corrected chi connectivity index (χ2v) is 3.59. The van der Waals surface area contributed by atoms with E-state index in [2.05, 4.69) is 30.5 Å². The Kier molecular flexibility index (Phi) is 1.82. The summed E-state index contributed by atoms with van der Waals surface area (Å²) < 4.78 is 0. The van der Waals surface area contributed by atoms with E-state index in [0.29, 0.717) is 0 Å². The van der Waals surface area contributed by atoms with Gasteiger partial charge < -0.3 is 5.32 Å². The average molecular weight is 149 g/mol. The van der Waals surface area contributed by atoms with E-state index in [1.165, 1.54) is 25.1 Å². The Morgan fingerprint density at radius 2 is 2.36 bits per heavy atom. The molecule has 1 heteroatoms. The summed E-state index contributed by atoms with van der Waals surface area (Å²) in [5.74, 6) is 1.59. The quantitative estimate of drug-likeness (QED) is 0.553. The molecular formula is C10H15N. The summed E-state index contributed by atoms with van der Waals surface area (Å²) in [7, 11) is 0. The molecule has 2 unspecified atom stereocenters. The summed E-state index contributed by atoms with van der Waals surface area (Å²) in [6.07, 6.45) is 8.34. The first kappa shape index (κ1) is 7.11. The molecule has 0 amide bonds. The normalized spacial score (nSPS) is 36.3. The monoisotopic (exact) mass is 149 g/mol. The highest BCUT2D eigenvalue weighted by Crippen LogP contribution is 2.26. The third-order valence-corrected chi connectivity index (χ3v) is 2.67. The van der Waals surface area contributed by atoms with Crippen molar-refractivity contribution in [3.05, 3.63) is 23.8 Å². The Morgan fingerprint density at radius 3 is 3.27 bits per heavy atom. The Bertz CT molecular complexity index is 203. The third kappa shape index (κ3) is 1.38. The number of hydrogen-bond acceptors (Lipinski definition) is 1. The first-order valence-electron chi connectivity index (χ1n) is 4.43. The van der Waals surface area contributed by atoms with Gasteiger partial charge in [-0.2, -0.15) is 0 Å². The lowest BCUT2D eigenvalue weighted by molar-refractivity contribution is 0.352. The highest BCUT2D eigenvalue weighted by Gasteiger charge is 2.22. The average Bonchev–Trinajstić information content (AvgIpc) is 2.04. The molecule has 1 saturated heterocycles. The summed E-state index contributed by atoms with van der Waals surface area (Å²) in [5.41, 5.74) is 1.43. The van der Waals surface area contributed by atoms with Gasteiger partial charge in [0.05, 0.1) is 0 Å². The maximum atomic E-state index is 3.43. The van der Waals surface area contributed by atoms with Gasteiger partial charge in [0.2, 0.25) is 0 Å². The fourth-order valence-corrected chi connectivity index (χ4v) is 1.99. The number of allylic oxidation sites excluding steroid dienone is 3. The Balaban J connectivity index is 2.13. The molecule has 1 aliphatic carbocycles. The number of nitrogens with one attached hydrogen (secondary N) is 1. The maximum Gasteiger partial charge on any atom is 0.00201 e. The summed E-state index contributed by atoms with van der Waals surface area (Å²) in [5, 5.41) is 3.43. The lowest BCUT2D eigenvalue weighted by atomic mass is 9.82. The Morgan fingerprint density at radius 1 is 1.45 bits per heavy atom. The second kappa shape index (κ2) is 2.82. The van der Waals surface area contributed by atoms with Gasteiger partial charge >= 0.3 is 0 Å².